The van der Waals surface area contributed by atoms with E-state index in [-0.39, 0.29) is 18.3 Å². The van der Waals surface area contributed by atoms with Gasteiger partial charge in [-0.3, -0.25) is 4.79 Å². The van der Waals surface area contributed by atoms with Crippen molar-refractivity contribution in [3.63, 3.8) is 0 Å². The van der Waals surface area contributed by atoms with Gasteiger partial charge in [0.2, 0.25) is 0 Å². The second-order valence-electron chi connectivity index (χ2n) is 5.20. The summed E-state index contributed by atoms with van der Waals surface area (Å²) in [5, 5.41) is 2.73. The summed E-state index contributed by atoms with van der Waals surface area (Å²) >= 11 is 0. The predicted molar refractivity (Wildman–Crippen MR) is 85.7 cm³/mol. The van der Waals surface area contributed by atoms with Crippen LogP contribution in [0.3, 0.4) is 0 Å². The number of ether oxygens (including phenoxy) is 1. The number of hydrogen-bond donors (Lipinski definition) is 1. The zero-order valence-corrected chi connectivity index (χ0v) is 12.8. The smallest absolute Gasteiger partial charge is 0.262 e. The quantitative estimate of drug-likeness (QED) is 0.861. The molecule has 0 aliphatic carbocycles. The summed E-state index contributed by atoms with van der Waals surface area (Å²) in [5.41, 5.74) is 1.94. The first-order valence-corrected chi connectivity index (χ1v) is 7.37. The molecule has 3 nitrogen and oxygen atoms in total. The molecule has 1 amide bonds. The first kappa shape index (κ1) is 16.0. The van der Waals surface area contributed by atoms with Crippen molar-refractivity contribution in [2.75, 3.05) is 11.9 Å². The van der Waals surface area contributed by atoms with E-state index in [0.29, 0.717) is 11.6 Å². The summed E-state index contributed by atoms with van der Waals surface area (Å²) < 4.78 is 18.5. The standard InChI is InChI=1S/C18H20FNO2/c1-3-13(2)14-8-10-15(11-9-14)20-18(21)12-22-17-7-5-4-6-16(17)19/h4-11,13H,3,12H2,1-2H3,(H,20,21). The Morgan fingerprint density at radius 1 is 1.18 bits per heavy atom. The van der Waals surface area contributed by atoms with Crippen LogP contribution < -0.4 is 10.1 Å². The Labute approximate surface area is 130 Å². The van der Waals surface area contributed by atoms with Gasteiger partial charge in [-0.15, -0.1) is 0 Å². The largest absolute Gasteiger partial charge is 0.481 e. The lowest BCUT2D eigenvalue weighted by molar-refractivity contribution is -0.118. The van der Waals surface area contributed by atoms with Gasteiger partial charge in [-0.2, -0.15) is 0 Å². The van der Waals surface area contributed by atoms with E-state index >= 15 is 0 Å². The molecule has 2 aromatic carbocycles. The predicted octanol–water partition coefficient (Wildman–Crippen LogP) is 4.36. The summed E-state index contributed by atoms with van der Waals surface area (Å²) in [5.74, 6) is -0.230. The van der Waals surface area contributed by atoms with Gasteiger partial charge >= 0.3 is 0 Å². The highest BCUT2D eigenvalue weighted by molar-refractivity contribution is 5.91. The van der Waals surface area contributed by atoms with Crippen molar-refractivity contribution in [2.45, 2.75) is 26.2 Å². The van der Waals surface area contributed by atoms with E-state index in [1.807, 2.05) is 24.3 Å². The Morgan fingerprint density at radius 3 is 2.50 bits per heavy atom. The molecule has 0 bridgehead atoms. The molecule has 2 aromatic rings. The van der Waals surface area contributed by atoms with Gasteiger partial charge in [0.05, 0.1) is 0 Å². The molecule has 2 rings (SSSR count). The Hall–Kier alpha value is -2.36. The average Bonchev–Trinajstić information content (AvgIpc) is 2.54. The van der Waals surface area contributed by atoms with Gasteiger partial charge in [0.25, 0.3) is 5.91 Å². The molecule has 1 N–H and O–H groups in total. The van der Waals surface area contributed by atoms with Gasteiger partial charge in [-0.1, -0.05) is 38.1 Å². The molecule has 0 aliphatic heterocycles. The minimum atomic E-state index is -0.479. The lowest BCUT2D eigenvalue weighted by Gasteiger charge is -2.11. The number of nitrogens with one attached hydrogen (secondary N) is 1. The van der Waals surface area contributed by atoms with E-state index in [1.165, 1.54) is 17.7 Å². The van der Waals surface area contributed by atoms with Crippen LogP contribution in [0.25, 0.3) is 0 Å². The highest BCUT2D eigenvalue weighted by atomic mass is 19.1. The fourth-order valence-corrected chi connectivity index (χ4v) is 2.03. The Balaban J connectivity index is 1.88. The van der Waals surface area contributed by atoms with Crippen LogP contribution in [0.2, 0.25) is 0 Å². The van der Waals surface area contributed by atoms with Crippen LogP contribution in [0.5, 0.6) is 5.75 Å². The van der Waals surface area contributed by atoms with Gasteiger partial charge in [0, 0.05) is 5.69 Å². The minimum Gasteiger partial charge on any atom is -0.481 e. The molecular formula is C18H20FNO2. The normalized spacial score (nSPS) is 11.8. The van der Waals surface area contributed by atoms with Gasteiger partial charge in [-0.25, -0.2) is 4.39 Å². The summed E-state index contributed by atoms with van der Waals surface area (Å²) in [7, 11) is 0. The first-order chi connectivity index (χ1) is 10.6. The molecule has 0 spiro atoms. The maximum absolute atomic E-state index is 13.4. The van der Waals surface area contributed by atoms with Gasteiger partial charge in [-0.05, 0) is 42.2 Å². The Kier molecular flexibility index (Phi) is 5.53. The lowest BCUT2D eigenvalue weighted by Crippen LogP contribution is -2.20. The molecule has 22 heavy (non-hydrogen) atoms. The van der Waals surface area contributed by atoms with Crippen molar-refractivity contribution < 1.29 is 13.9 Å². The molecular weight excluding hydrogens is 281 g/mol. The van der Waals surface area contributed by atoms with Crippen molar-refractivity contribution in [1.82, 2.24) is 0 Å². The van der Waals surface area contributed by atoms with Crippen molar-refractivity contribution >= 4 is 11.6 Å². The van der Waals surface area contributed by atoms with Crippen molar-refractivity contribution in [3.05, 3.63) is 59.9 Å². The number of benzene rings is 2. The lowest BCUT2D eigenvalue weighted by atomic mass is 9.99. The van der Waals surface area contributed by atoms with Crippen LogP contribution in [0, 0.1) is 5.82 Å². The number of anilines is 1. The second kappa shape index (κ2) is 7.59. The second-order valence-corrected chi connectivity index (χ2v) is 5.20. The van der Waals surface area contributed by atoms with E-state index < -0.39 is 5.82 Å². The van der Waals surface area contributed by atoms with Gasteiger partial charge in [0.15, 0.2) is 18.2 Å². The Morgan fingerprint density at radius 2 is 1.86 bits per heavy atom. The third kappa shape index (κ3) is 4.32. The molecule has 4 heteroatoms. The average molecular weight is 301 g/mol. The number of carbonyl (C=O) groups is 1. The van der Waals surface area contributed by atoms with E-state index in [9.17, 15) is 9.18 Å². The SMILES string of the molecule is CCC(C)c1ccc(NC(=O)COc2ccccc2F)cc1. The van der Waals surface area contributed by atoms with Crippen LogP contribution in [0.15, 0.2) is 48.5 Å². The summed E-state index contributed by atoms with van der Waals surface area (Å²) in [6.45, 7) is 4.07. The summed E-state index contributed by atoms with van der Waals surface area (Å²) in [6.07, 6.45) is 1.07. The topological polar surface area (TPSA) is 38.3 Å². The molecule has 1 atom stereocenters. The number of rotatable bonds is 6. The number of amides is 1. The summed E-state index contributed by atoms with van der Waals surface area (Å²) in [4.78, 5) is 11.8. The molecule has 0 aliphatic rings. The van der Waals surface area contributed by atoms with Crippen molar-refractivity contribution in [2.24, 2.45) is 0 Å². The third-order valence-electron chi connectivity index (χ3n) is 3.57. The van der Waals surface area contributed by atoms with Gasteiger partial charge in [0.1, 0.15) is 0 Å². The molecule has 116 valence electrons. The van der Waals surface area contributed by atoms with E-state index in [0.717, 1.165) is 6.42 Å². The number of hydrogen-bond acceptors (Lipinski definition) is 2. The van der Waals surface area contributed by atoms with Crippen LogP contribution in [-0.2, 0) is 4.79 Å². The van der Waals surface area contributed by atoms with Crippen molar-refractivity contribution in [3.8, 4) is 5.75 Å². The maximum Gasteiger partial charge on any atom is 0.262 e. The fraction of sp³-hybridized carbons (Fsp3) is 0.278. The molecule has 0 fully saturated rings. The maximum atomic E-state index is 13.4. The minimum absolute atomic E-state index is 0.0739. The molecule has 0 saturated carbocycles. The monoisotopic (exact) mass is 301 g/mol. The Bertz CT molecular complexity index is 625. The van der Waals surface area contributed by atoms with Crippen LogP contribution >= 0.6 is 0 Å². The highest BCUT2D eigenvalue weighted by Crippen LogP contribution is 2.20. The number of carbonyl (C=O) groups excluding carboxylic acids is 1. The molecule has 0 heterocycles. The van der Waals surface area contributed by atoms with E-state index in [4.69, 9.17) is 4.74 Å². The molecule has 0 radical (unpaired) electrons. The van der Waals surface area contributed by atoms with Crippen LogP contribution in [0.1, 0.15) is 31.7 Å². The zero-order valence-electron chi connectivity index (χ0n) is 12.8. The summed E-state index contributed by atoms with van der Waals surface area (Å²) in [6, 6.07) is 13.7. The number of halogens is 1. The molecule has 1 unspecified atom stereocenters. The molecule has 0 saturated heterocycles. The fourth-order valence-electron chi connectivity index (χ4n) is 2.03. The van der Waals surface area contributed by atoms with E-state index in [1.54, 1.807) is 12.1 Å². The zero-order chi connectivity index (χ0) is 15.9. The van der Waals surface area contributed by atoms with Gasteiger partial charge < -0.3 is 10.1 Å². The first-order valence-electron chi connectivity index (χ1n) is 7.37. The van der Waals surface area contributed by atoms with Crippen molar-refractivity contribution in [1.29, 1.82) is 0 Å². The third-order valence-corrected chi connectivity index (χ3v) is 3.57. The number of para-hydroxylation sites is 1. The van der Waals surface area contributed by atoms with E-state index in [2.05, 4.69) is 19.2 Å². The van der Waals surface area contributed by atoms with Crippen LogP contribution in [-0.4, -0.2) is 12.5 Å². The molecule has 0 aromatic heterocycles. The van der Waals surface area contributed by atoms with Crippen LogP contribution in [0.4, 0.5) is 10.1 Å². The highest BCUT2D eigenvalue weighted by Gasteiger charge is 2.07.